The second-order valence-corrected chi connectivity index (χ2v) is 4.59. The van der Waals surface area contributed by atoms with Crippen molar-refractivity contribution in [1.29, 1.82) is 0 Å². The number of hydrogen-bond donors (Lipinski definition) is 0. The molecule has 0 heterocycles. The van der Waals surface area contributed by atoms with Gasteiger partial charge in [-0.1, -0.05) is 44.0 Å². The molecule has 0 spiro atoms. The number of alkyl halides is 5. The van der Waals surface area contributed by atoms with Crippen LogP contribution in [0, 0.1) is 0 Å². The molecular formula is C11H9Br2F3O. The Balaban J connectivity index is 3.05. The van der Waals surface area contributed by atoms with Crippen LogP contribution in [0.4, 0.5) is 13.2 Å². The third-order valence-electron chi connectivity index (χ3n) is 2.17. The van der Waals surface area contributed by atoms with Crippen LogP contribution in [0.3, 0.4) is 0 Å². The standard InChI is InChI=1S/C11H9Br2F3O/c12-5-8-3-7(4-9(17)6-13)1-2-10(8)11(14,15)16/h1-3H,4-6H2. The normalized spacial score (nSPS) is 11.6. The van der Waals surface area contributed by atoms with Crippen molar-refractivity contribution in [3.8, 4) is 0 Å². The summed E-state index contributed by atoms with van der Waals surface area (Å²) in [5, 5.41) is 0.315. The van der Waals surface area contributed by atoms with Crippen LogP contribution in [0.15, 0.2) is 18.2 Å². The molecule has 0 bridgehead atoms. The highest BCUT2D eigenvalue weighted by Gasteiger charge is 2.32. The quantitative estimate of drug-likeness (QED) is 0.726. The zero-order valence-electron chi connectivity index (χ0n) is 8.65. The second-order valence-electron chi connectivity index (χ2n) is 3.47. The van der Waals surface area contributed by atoms with Crippen LogP contribution in [0.5, 0.6) is 0 Å². The summed E-state index contributed by atoms with van der Waals surface area (Å²) in [5.41, 5.74) is 0.0821. The summed E-state index contributed by atoms with van der Waals surface area (Å²) >= 11 is 6.04. The molecule has 1 aromatic rings. The molecule has 1 rings (SSSR count). The maximum absolute atomic E-state index is 12.6. The highest BCUT2D eigenvalue weighted by atomic mass is 79.9. The van der Waals surface area contributed by atoms with Gasteiger partial charge in [-0.15, -0.1) is 0 Å². The van der Waals surface area contributed by atoms with E-state index in [4.69, 9.17) is 0 Å². The van der Waals surface area contributed by atoms with E-state index in [0.29, 0.717) is 5.56 Å². The van der Waals surface area contributed by atoms with E-state index in [9.17, 15) is 18.0 Å². The Hall–Kier alpha value is -0.360. The van der Waals surface area contributed by atoms with Gasteiger partial charge in [0, 0.05) is 11.8 Å². The zero-order chi connectivity index (χ0) is 13.1. The van der Waals surface area contributed by atoms with Gasteiger partial charge in [0.05, 0.1) is 10.9 Å². The fourth-order valence-corrected chi connectivity index (χ4v) is 2.08. The lowest BCUT2D eigenvalue weighted by atomic mass is 10.0. The molecule has 0 fully saturated rings. The first-order valence-electron chi connectivity index (χ1n) is 4.71. The first-order valence-corrected chi connectivity index (χ1v) is 6.95. The van der Waals surface area contributed by atoms with E-state index in [2.05, 4.69) is 31.9 Å². The minimum absolute atomic E-state index is 0.0646. The Morgan fingerprint density at radius 3 is 2.35 bits per heavy atom. The Kier molecular flexibility index (Phi) is 5.19. The Labute approximate surface area is 114 Å². The van der Waals surface area contributed by atoms with E-state index >= 15 is 0 Å². The van der Waals surface area contributed by atoms with Gasteiger partial charge in [-0.25, -0.2) is 0 Å². The zero-order valence-corrected chi connectivity index (χ0v) is 11.8. The SMILES string of the molecule is O=C(CBr)Cc1ccc(C(F)(F)F)c(CBr)c1. The van der Waals surface area contributed by atoms with Crippen molar-refractivity contribution < 1.29 is 18.0 Å². The predicted molar refractivity (Wildman–Crippen MR) is 66.6 cm³/mol. The van der Waals surface area contributed by atoms with Gasteiger partial charge in [0.25, 0.3) is 0 Å². The lowest BCUT2D eigenvalue weighted by molar-refractivity contribution is -0.138. The smallest absolute Gasteiger partial charge is 0.298 e. The molecule has 0 N–H and O–H groups in total. The highest BCUT2D eigenvalue weighted by Crippen LogP contribution is 2.33. The van der Waals surface area contributed by atoms with Crippen LogP contribution in [0.1, 0.15) is 16.7 Å². The van der Waals surface area contributed by atoms with Crippen molar-refractivity contribution in [2.24, 2.45) is 0 Å². The van der Waals surface area contributed by atoms with Gasteiger partial charge in [-0.2, -0.15) is 13.2 Å². The number of ketones is 1. The van der Waals surface area contributed by atoms with Gasteiger partial charge in [-0.05, 0) is 17.2 Å². The van der Waals surface area contributed by atoms with Crippen LogP contribution in [0.25, 0.3) is 0 Å². The summed E-state index contributed by atoms with van der Waals surface area (Å²) in [7, 11) is 0. The molecular weight excluding hydrogens is 365 g/mol. The summed E-state index contributed by atoms with van der Waals surface area (Å²) in [6.07, 6.45) is -4.22. The molecule has 0 radical (unpaired) electrons. The number of benzene rings is 1. The van der Waals surface area contributed by atoms with Crippen molar-refractivity contribution in [2.75, 3.05) is 5.33 Å². The number of rotatable bonds is 4. The topological polar surface area (TPSA) is 17.1 Å². The van der Waals surface area contributed by atoms with E-state index in [1.165, 1.54) is 12.1 Å². The lowest BCUT2D eigenvalue weighted by Gasteiger charge is -2.12. The second kappa shape index (κ2) is 6.00. The third kappa shape index (κ3) is 4.10. The van der Waals surface area contributed by atoms with Gasteiger partial charge < -0.3 is 0 Å². The van der Waals surface area contributed by atoms with Gasteiger partial charge in [0.1, 0.15) is 5.78 Å². The molecule has 17 heavy (non-hydrogen) atoms. The van der Waals surface area contributed by atoms with E-state index in [1.807, 2.05) is 0 Å². The van der Waals surface area contributed by atoms with Crippen molar-refractivity contribution >= 4 is 37.6 Å². The lowest BCUT2D eigenvalue weighted by Crippen LogP contribution is -2.10. The van der Waals surface area contributed by atoms with Crippen molar-refractivity contribution in [1.82, 2.24) is 0 Å². The molecule has 0 saturated heterocycles. The maximum atomic E-state index is 12.6. The van der Waals surface area contributed by atoms with Crippen molar-refractivity contribution in [3.63, 3.8) is 0 Å². The molecule has 0 unspecified atom stereocenters. The minimum Gasteiger partial charge on any atom is -0.298 e. The van der Waals surface area contributed by atoms with Crippen LogP contribution >= 0.6 is 31.9 Å². The fourth-order valence-electron chi connectivity index (χ4n) is 1.42. The average Bonchev–Trinajstić information content (AvgIpc) is 2.27. The van der Waals surface area contributed by atoms with Gasteiger partial charge in [0.15, 0.2) is 0 Å². The maximum Gasteiger partial charge on any atom is 0.416 e. The van der Waals surface area contributed by atoms with E-state index < -0.39 is 11.7 Å². The molecule has 0 atom stereocenters. The number of carbonyl (C=O) groups excluding carboxylic acids is 1. The van der Waals surface area contributed by atoms with Crippen LogP contribution in [-0.2, 0) is 22.7 Å². The van der Waals surface area contributed by atoms with Crippen LogP contribution < -0.4 is 0 Å². The fraction of sp³-hybridized carbons (Fsp3) is 0.364. The van der Waals surface area contributed by atoms with Crippen molar-refractivity contribution in [2.45, 2.75) is 17.9 Å². The van der Waals surface area contributed by atoms with Gasteiger partial charge in [0.2, 0.25) is 0 Å². The van der Waals surface area contributed by atoms with E-state index in [1.54, 1.807) is 0 Å². The minimum atomic E-state index is -4.36. The number of Topliss-reactive ketones (excluding diaryl/α,β-unsaturated/α-hetero) is 1. The van der Waals surface area contributed by atoms with E-state index in [0.717, 1.165) is 6.07 Å². The summed E-state index contributed by atoms with van der Waals surface area (Å²) in [5.74, 6) is -0.0646. The Morgan fingerprint density at radius 1 is 1.24 bits per heavy atom. The Morgan fingerprint density at radius 2 is 1.88 bits per heavy atom. The van der Waals surface area contributed by atoms with E-state index in [-0.39, 0.29) is 28.4 Å². The van der Waals surface area contributed by atoms with Crippen molar-refractivity contribution in [3.05, 3.63) is 34.9 Å². The molecule has 0 aliphatic carbocycles. The summed E-state index contributed by atoms with van der Waals surface area (Å²) in [4.78, 5) is 11.2. The summed E-state index contributed by atoms with van der Waals surface area (Å²) in [6.45, 7) is 0. The molecule has 0 aliphatic rings. The first-order chi connectivity index (χ1) is 7.88. The predicted octanol–water partition coefficient (Wildman–Crippen LogP) is 4.11. The highest BCUT2D eigenvalue weighted by molar-refractivity contribution is 9.09. The summed E-state index contributed by atoms with van der Waals surface area (Å²) < 4.78 is 37.8. The number of hydrogen-bond acceptors (Lipinski definition) is 1. The molecule has 94 valence electrons. The van der Waals surface area contributed by atoms with Crippen LogP contribution in [0.2, 0.25) is 0 Å². The molecule has 6 heteroatoms. The molecule has 1 nitrogen and oxygen atoms in total. The Bertz CT molecular complexity index is 416. The number of halogens is 5. The molecule has 1 aromatic carbocycles. The summed E-state index contributed by atoms with van der Waals surface area (Å²) in [6, 6.07) is 3.78. The third-order valence-corrected chi connectivity index (χ3v) is 3.40. The largest absolute Gasteiger partial charge is 0.416 e. The molecule has 0 amide bonds. The number of carbonyl (C=O) groups is 1. The first kappa shape index (κ1) is 14.7. The molecule has 0 aromatic heterocycles. The monoisotopic (exact) mass is 372 g/mol. The molecule has 0 aliphatic heterocycles. The van der Waals surface area contributed by atoms with Crippen LogP contribution in [-0.4, -0.2) is 11.1 Å². The molecule has 0 saturated carbocycles. The average molecular weight is 374 g/mol. The van der Waals surface area contributed by atoms with Gasteiger partial charge in [-0.3, -0.25) is 4.79 Å². The van der Waals surface area contributed by atoms with Gasteiger partial charge >= 0.3 is 6.18 Å².